The fourth-order valence-corrected chi connectivity index (χ4v) is 3.97. The number of benzene rings is 2. The van der Waals surface area contributed by atoms with E-state index in [1.807, 2.05) is 0 Å². The lowest BCUT2D eigenvalue weighted by atomic mass is 10.1. The molecule has 1 N–H and O–H groups in total. The van der Waals surface area contributed by atoms with Gasteiger partial charge in [0.05, 0.1) is 4.90 Å². The minimum absolute atomic E-state index is 0.0907. The molecule has 0 atom stereocenters. The van der Waals surface area contributed by atoms with Crippen molar-refractivity contribution in [2.45, 2.75) is 25.7 Å². The Bertz CT molecular complexity index is 901. The zero-order chi connectivity index (χ0) is 19.3. The quantitative estimate of drug-likeness (QED) is 0.755. The smallest absolute Gasteiger partial charge is 0.255 e. The van der Waals surface area contributed by atoms with Crippen molar-refractivity contribution in [3.05, 3.63) is 59.7 Å². The molecule has 26 heavy (non-hydrogen) atoms. The van der Waals surface area contributed by atoms with Crippen LogP contribution in [0.4, 0.5) is 5.69 Å². The van der Waals surface area contributed by atoms with Crippen LogP contribution in [0.5, 0.6) is 0 Å². The third-order valence-corrected chi connectivity index (χ3v) is 6.05. The Morgan fingerprint density at radius 3 is 2.12 bits per heavy atom. The molecule has 0 radical (unpaired) electrons. The summed E-state index contributed by atoms with van der Waals surface area (Å²) in [6, 6.07) is 12.4. The monoisotopic (exact) mass is 374 g/mol. The largest absolute Gasteiger partial charge is 0.322 e. The lowest BCUT2D eigenvalue weighted by Crippen LogP contribution is -2.30. The first kappa shape index (κ1) is 19.8. The highest BCUT2D eigenvalue weighted by Crippen LogP contribution is 2.17. The zero-order valence-corrected chi connectivity index (χ0v) is 15.8. The van der Waals surface area contributed by atoms with Gasteiger partial charge >= 0.3 is 0 Å². The second-order valence-corrected chi connectivity index (χ2v) is 7.64. The number of carbonyl (C=O) groups is 2. The number of nitrogens with one attached hydrogen (secondary N) is 1. The summed E-state index contributed by atoms with van der Waals surface area (Å²) in [7, 11) is -3.55. The van der Waals surface area contributed by atoms with Crippen molar-refractivity contribution in [1.82, 2.24) is 4.31 Å². The molecule has 0 aromatic heterocycles. The minimum atomic E-state index is -3.55. The van der Waals surface area contributed by atoms with Crippen LogP contribution in [0.15, 0.2) is 53.4 Å². The first-order valence-corrected chi connectivity index (χ1v) is 9.76. The van der Waals surface area contributed by atoms with Crippen molar-refractivity contribution in [1.29, 1.82) is 0 Å². The molecule has 0 saturated carbocycles. The highest BCUT2D eigenvalue weighted by Gasteiger charge is 2.21. The molecule has 0 aliphatic carbocycles. The Labute approximate surface area is 153 Å². The molecule has 0 bridgehead atoms. The lowest BCUT2D eigenvalue weighted by molar-refractivity contribution is 0.101. The van der Waals surface area contributed by atoms with Gasteiger partial charge in [-0.1, -0.05) is 26.0 Å². The summed E-state index contributed by atoms with van der Waals surface area (Å²) in [5.41, 5.74) is 1.34. The van der Waals surface area contributed by atoms with Gasteiger partial charge in [0.15, 0.2) is 5.78 Å². The molecule has 0 unspecified atom stereocenters. The standard InChI is InChI=1S/C19H22N2O4S/c1-4-21(5-2)26(24,25)18-11-9-15(10-12-18)19(23)20-17-8-6-7-16(13-17)14(3)22/h6-13H,4-5H2,1-3H3,(H,20,23). The Hall–Kier alpha value is -2.51. The SMILES string of the molecule is CCN(CC)S(=O)(=O)c1ccc(C(=O)Nc2cccc(C(C)=O)c2)cc1. The first-order valence-electron chi connectivity index (χ1n) is 8.32. The molecule has 0 spiro atoms. The number of carbonyl (C=O) groups excluding carboxylic acids is 2. The van der Waals surface area contributed by atoms with Gasteiger partial charge in [-0.15, -0.1) is 0 Å². The van der Waals surface area contributed by atoms with Gasteiger partial charge in [-0.05, 0) is 43.3 Å². The topological polar surface area (TPSA) is 83.6 Å². The molecule has 138 valence electrons. The van der Waals surface area contributed by atoms with Crippen molar-refractivity contribution in [2.75, 3.05) is 18.4 Å². The molecule has 0 aliphatic heterocycles. The minimum Gasteiger partial charge on any atom is -0.322 e. The maximum atomic E-state index is 12.5. The molecule has 0 saturated heterocycles. The maximum absolute atomic E-state index is 12.5. The molecule has 0 aliphatic rings. The second-order valence-electron chi connectivity index (χ2n) is 5.70. The Balaban J connectivity index is 2.19. The highest BCUT2D eigenvalue weighted by atomic mass is 32.2. The normalized spacial score (nSPS) is 11.4. The van der Waals surface area contributed by atoms with Crippen LogP contribution in [-0.2, 0) is 10.0 Å². The Morgan fingerprint density at radius 1 is 0.962 bits per heavy atom. The third kappa shape index (κ3) is 4.36. The molecular weight excluding hydrogens is 352 g/mol. The van der Waals surface area contributed by atoms with Crippen LogP contribution < -0.4 is 5.32 Å². The molecule has 2 aromatic rings. The van der Waals surface area contributed by atoms with E-state index in [1.54, 1.807) is 38.1 Å². The number of hydrogen-bond acceptors (Lipinski definition) is 4. The summed E-state index contributed by atoms with van der Waals surface area (Å²) in [6.45, 7) is 5.77. The van der Waals surface area contributed by atoms with Crippen LogP contribution in [0.3, 0.4) is 0 Å². The van der Waals surface area contributed by atoms with Crippen LogP contribution >= 0.6 is 0 Å². The summed E-state index contributed by atoms with van der Waals surface area (Å²) in [5.74, 6) is -0.468. The van der Waals surface area contributed by atoms with Crippen molar-refractivity contribution < 1.29 is 18.0 Å². The van der Waals surface area contributed by atoms with E-state index in [0.29, 0.717) is 29.9 Å². The number of nitrogens with zero attached hydrogens (tertiary/aromatic N) is 1. The van der Waals surface area contributed by atoms with Crippen LogP contribution in [0.25, 0.3) is 0 Å². The van der Waals surface area contributed by atoms with Crippen molar-refractivity contribution in [2.24, 2.45) is 0 Å². The number of Topliss-reactive ketones (excluding diaryl/α,β-unsaturated/α-hetero) is 1. The molecule has 7 heteroatoms. The van der Waals surface area contributed by atoms with Gasteiger partial charge in [-0.3, -0.25) is 9.59 Å². The number of rotatable bonds is 7. The van der Waals surface area contributed by atoms with E-state index in [-0.39, 0.29) is 16.6 Å². The van der Waals surface area contributed by atoms with Gasteiger partial charge in [0, 0.05) is 29.9 Å². The van der Waals surface area contributed by atoms with E-state index in [1.165, 1.54) is 35.5 Å². The van der Waals surface area contributed by atoms with Crippen LogP contribution in [0, 0.1) is 0 Å². The average Bonchev–Trinajstić information content (AvgIpc) is 2.62. The van der Waals surface area contributed by atoms with Gasteiger partial charge in [0.2, 0.25) is 10.0 Å². The van der Waals surface area contributed by atoms with E-state index < -0.39 is 10.0 Å². The van der Waals surface area contributed by atoms with Gasteiger partial charge in [-0.25, -0.2) is 8.42 Å². The number of sulfonamides is 1. The van der Waals surface area contributed by atoms with Crippen LogP contribution in [0.2, 0.25) is 0 Å². The molecule has 0 heterocycles. The molecular formula is C19H22N2O4S. The van der Waals surface area contributed by atoms with Gasteiger partial charge in [0.1, 0.15) is 0 Å². The van der Waals surface area contributed by atoms with Gasteiger partial charge < -0.3 is 5.32 Å². The van der Waals surface area contributed by atoms with E-state index >= 15 is 0 Å². The van der Waals surface area contributed by atoms with E-state index in [0.717, 1.165) is 0 Å². The Kier molecular flexibility index (Phi) is 6.28. The van der Waals surface area contributed by atoms with Crippen molar-refractivity contribution in [3.8, 4) is 0 Å². The predicted octanol–water partition coefficient (Wildman–Crippen LogP) is 3.17. The van der Waals surface area contributed by atoms with Crippen molar-refractivity contribution in [3.63, 3.8) is 0 Å². The fourth-order valence-electron chi connectivity index (χ4n) is 2.51. The van der Waals surface area contributed by atoms with Crippen molar-refractivity contribution >= 4 is 27.4 Å². The van der Waals surface area contributed by atoms with Crippen LogP contribution in [0.1, 0.15) is 41.5 Å². The van der Waals surface area contributed by atoms with Gasteiger partial charge in [-0.2, -0.15) is 4.31 Å². The number of anilines is 1. The predicted molar refractivity (Wildman–Crippen MR) is 101 cm³/mol. The zero-order valence-electron chi connectivity index (χ0n) is 15.0. The Morgan fingerprint density at radius 2 is 1.58 bits per heavy atom. The number of amides is 1. The molecule has 0 fully saturated rings. The maximum Gasteiger partial charge on any atom is 0.255 e. The summed E-state index contributed by atoms with van der Waals surface area (Å²) < 4.78 is 26.3. The molecule has 6 nitrogen and oxygen atoms in total. The fraction of sp³-hybridized carbons (Fsp3) is 0.263. The van der Waals surface area contributed by atoms with E-state index in [4.69, 9.17) is 0 Å². The number of ketones is 1. The molecule has 2 aromatic carbocycles. The third-order valence-electron chi connectivity index (χ3n) is 3.99. The van der Waals surface area contributed by atoms with Gasteiger partial charge in [0.25, 0.3) is 5.91 Å². The lowest BCUT2D eigenvalue weighted by Gasteiger charge is -2.18. The van der Waals surface area contributed by atoms with E-state index in [9.17, 15) is 18.0 Å². The van der Waals surface area contributed by atoms with Crippen LogP contribution in [-0.4, -0.2) is 37.5 Å². The summed E-state index contributed by atoms with van der Waals surface area (Å²) >= 11 is 0. The second kappa shape index (κ2) is 8.25. The molecule has 1 amide bonds. The summed E-state index contributed by atoms with van der Waals surface area (Å²) in [6.07, 6.45) is 0. The van der Waals surface area contributed by atoms with E-state index in [2.05, 4.69) is 5.32 Å². The molecule has 2 rings (SSSR count). The highest BCUT2D eigenvalue weighted by molar-refractivity contribution is 7.89. The summed E-state index contributed by atoms with van der Waals surface area (Å²) in [5, 5.41) is 2.71. The number of hydrogen-bond donors (Lipinski definition) is 1. The summed E-state index contributed by atoms with van der Waals surface area (Å²) in [4.78, 5) is 23.9. The average molecular weight is 374 g/mol. The first-order chi connectivity index (χ1) is 12.3.